The molecule has 8 nitrogen and oxygen atoms in total. The van der Waals surface area contributed by atoms with Gasteiger partial charge in [0.2, 0.25) is 0 Å². The van der Waals surface area contributed by atoms with Crippen LogP contribution in [0, 0.1) is 6.92 Å². The smallest absolute Gasteiger partial charge is 0.387 e. The first-order chi connectivity index (χ1) is 13.5. The molecular formula is C18H14F2N6O2. The highest BCUT2D eigenvalue weighted by Gasteiger charge is 2.19. The highest BCUT2D eigenvalue weighted by atomic mass is 19.3. The van der Waals surface area contributed by atoms with Crippen LogP contribution in [-0.4, -0.2) is 37.7 Å². The number of nitrogens with one attached hydrogen (secondary N) is 3. The fraction of sp³-hybridized carbons (Fsp3) is 0.111. The number of hydrogen-bond acceptors (Lipinski definition) is 5. The first-order valence-corrected chi connectivity index (χ1v) is 8.20. The lowest BCUT2D eigenvalue weighted by atomic mass is 10.1. The summed E-state index contributed by atoms with van der Waals surface area (Å²) < 4.78 is 30.1. The van der Waals surface area contributed by atoms with E-state index in [2.05, 4.69) is 35.2 Å². The number of rotatable bonds is 5. The van der Waals surface area contributed by atoms with Gasteiger partial charge in [0.1, 0.15) is 11.3 Å². The molecule has 0 aliphatic rings. The molecule has 0 fully saturated rings. The van der Waals surface area contributed by atoms with Crippen molar-refractivity contribution < 1.29 is 18.3 Å². The summed E-state index contributed by atoms with van der Waals surface area (Å²) >= 11 is 0. The number of carbonyl (C=O) groups is 1. The van der Waals surface area contributed by atoms with E-state index in [0.717, 1.165) is 5.56 Å². The van der Waals surface area contributed by atoms with E-state index in [1.165, 1.54) is 24.8 Å². The Balaban J connectivity index is 1.70. The van der Waals surface area contributed by atoms with E-state index >= 15 is 0 Å². The maximum absolute atomic E-state index is 12.8. The fourth-order valence-electron chi connectivity index (χ4n) is 2.84. The molecule has 10 heteroatoms. The highest BCUT2D eigenvalue weighted by molar-refractivity contribution is 6.12. The number of aromatic nitrogens is 5. The van der Waals surface area contributed by atoms with Crippen LogP contribution in [0.2, 0.25) is 0 Å². The Morgan fingerprint density at radius 3 is 2.93 bits per heavy atom. The molecule has 4 aromatic rings. The third kappa shape index (κ3) is 3.27. The van der Waals surface area contributed by atoms with E-state index in [4.69, 9.17) is 0 Å². The maximum Gasteiger partial charge on any atom is 0.387 e. The van der Waals surface area contributed by atoms with Crippen LogP contribution < -0.4 is 10.1 Å². The van der Waals surface area contributed by atoms with Gasteiger partial charge < -0.3 is 15.0 Å². The monoisotopic (exact) mass is 384 g/mol. The van der Waals surface area contributed by atoms with Crippen molar-refractivity contribution in [3.8, 4) is 17.0 Å². The second kappa shape index (κ2) is 7.06. The van der Waals surface area contributed by atoms with Gasteiger partial charge in [0.05, 0.1) is 41.2 Å². The molecule has 142 valence electrons. The molecule has 0 aliphatic carbocycles. The van der Waals surface area contributed by atoms with Gasteiger partial charge in [-0.25, -0.2) is 4.98 Å². The van der Waals surface area contributed by atoms with Crippen LogP contribution in [0.3, 0.4) is 0 Å². The second-order valence-electron chi connectivity index (χ2n) is 5.98. The average molecular weight is 384 g/mol. The Kier molecular flexibility index (Phi) is 4.44. The number of hydrogen-bond donors (Lipinski definition) is 3. The summed E-state index contributed by atoms with van der Waals surface area (Å²) in [4.78, 5) is 23.8. The first kappa shape index (κ1) is 17.6. The molecule has 0 spiro atoms. The fourth-order valence-corrected chi connectivity index (χ4v) is 2.84. The summed E-state index contributed by atoms with van der Waals surface area (Å²) in [5.74, 6) is -0.492. The molecule has 3 aromatic heterocycles. The minimum Gasteiger partial charge on any atom is -0.434 e. The summed E-state index contributed by atoms with van der Waals surface area (Å²) in [7, 11) is 0. The number of ether oxygens (including phenoxy) is 1. The standard InChI is InChI=1S/C18H14F2N6O2/c1-9-2-3-14(28-18(19)20)10(4-9)16-13(7-24-26-16)25-17(27)11-5-21-6-12-15(11)23-8-22-12/h2-8,18H,1H3,(H,22,23)(H,24,26)(H,25,27). The van der Waals surface area contributed by atoms with Crippen LogP contribution in [0.15, 0.2) is 43.1 Å². The van der Waals surface area contributed by atoms with E-state index < -0.39 is 12.5 Å². The van der Waals surface area contributed by atoms with Gasteiger partial charge in [-0.3, -0.25) is 14.9 Å². The molecule has 0 unspecified atom stereocenters. The summed E-state index contributed by atoms with van der Waals surface area (Å²) in [5, 5.41) is 9.37. The number of aromatic amines is 2. The number of fused-ring (bicyclic) bond motifs is 1. The number of carbonyl (C=O) groups excluding carboxylic acids is 1. The van der Waals surface area contributed by atoms with E-state index in [9.17, 15) is 13.6 Å². The van der Waals surface area contributed by atoms with Gasteiger partial charge in [-0.1, -0.05) is 11.6 Å². The Hall–Kier alpha value is -3.82. The molecule has 3 heterocycles. The number of aryl methyl sites for hydroxylation is 1. The largest absolute Gasteiger partial charge is 0.434 e. The second-order valence-corrected chi connectivity index (χ2v) is 5.98. The van der Waals surface area contributed by atoms with E-state index in [-0.39, 0.29) is 11.3 Å². The molecule has 0 aliphatic heterocycles. The molecule has 0 saturated carbocycles. The maximum atomic E-state index is 12.8. The third-order valence-electron chi connectivity index (χ3n) is 4.08. The number of imidazole rings is 1. The van der Waals surface area contributed by atoms with E-state index in [1.54, 1.807) is 18.3 Å². The molecular weight excluding hydrogens is 370 g/mol. The predicted molar refractivity (Wildman–Crippen MR) is 97.2 cm³/mol. The van der Waals surface area contributed by atoms with Gasteiger partial charge in [0, 0.05) is 11.8 Å². The molecule has 28 heavy (non-hydrogen) atoms. The number of nitrogens with zero attached hydrogens (tertiary/aromatic N) is 3. The van der Waals surface area contributed by atoms with Crippen LogP contribution in [-0.2, 0) is 0 Å². The summed E-state index contributed by atoms with van der Waals surface area (Å²) in [5.41, 5.74) is 3.18. The number of H-pyrrole nitrogens is 2. The van der Waals surface area contributed by atoms with E-state index in [0.29, 0.717) is 28.0 Å². The molecule has 0 bridgehead atoms. The number of benzene rings is 1. The number of halogens is 2. The Bertz CT molecular complexity index is 1150. The summed E-state index contributed by atoms with van der Waals surface area (Å²) in [6.07, 6.45) is 5.81. The van der Waals surface area contributed by atoms with Crippen molar-refractivity contribution in [1.29, 1.82) is 0 Å². The van der Waals surface area contributed by atoms with Gasteiger partial charge in [-0.2, -0.15) is 13.9 Å². The van der Waals surface area contributed by atoms with Crippen LogP contribution in [0.5, 0.6) is 5.75 Å². The van der Waals surface area contributed by atoms with Crippen molar-refractivity contribution in [2.45, 2.75) is 13.5 Å². The van der Waals surface area contributed by atoms with E-state index in [1.807, 2.05) is 6.92 Å². The molecule has 1 amide bonds. The van der Waals surface area contributed by atoms with Crippen molar-refractivity contribution in [2.24, 2.45) is 0 Å². The lowest BCUT2D eigenvalue weighted by Crippen LogP contribution is -2.13. The quantitative estimate of drug-likeness (QED) is 0.488. The molecule has 0 radical (unpaired) electrons. The zero-order valence-electron chi connectivity index (χ0n) is 14.5. The Morgan fingerprint density at radius 1 is 1.25 bits per heavy atom. The average Bonchev–Trinajstić information content (AvgIpc) is 3.31. The Labute approximate surface area is 157 Å². The third-order valence-corrected chi connectivity index (χ3v) is 4.08. The topological polar surface area (TPSA) is 109 Å². The first-order valence-electron chi connectivity index (χ1n) is 8.20. The zero-order chi connectivity index (χ0) is 19.7. The Morgan fingerprint density at radius 2 is 2.11 bits per heavy atom. The van der Waals surface area contributed by atoms with Gasteiger partial charge in [-0.15, -0.1) is 0 Å². The van der Waals surface area contributed by atoms with Crippen molar-refractivity contribution in [3.63, 3.8) is 0 Å². The van der Waals surface area contributed by atoms with Crippen LogP contribution >= 0.6 is 0 Å². The molecule has 3 N–H and O–H groups in total. The SMILES string of the molecule is Cc1ccc(OC(F)F)c(-c2[nH]ncc2NC(=O)c2cncc3[nH]cnc23)c1. The molecule has 0 saturated heterocycles. The predicted octanol–water partition coefficient (Wildman–Crippen LogP) is 3.51. The minimum atomic E-state index is -2.98. The molecule has 4 rings (SSSR count). The van der Waals surface area contributed by atoms with Crippen LogP contribution in [0.25, 0.3) is 22.3 Å². The normalized spacial score (nSPS) is 11.1. The van der Waals surface area contributed by atoms with Crippen molar-refractivity contribution >= 4 is 22.6 Å². The summed E-state index contributed by atoms with van der Waals surface area (Å²) in [6.45, 7) is -1.17. The van der Waals surface area contributed by atoms with Gasteiger partial charge in [-0.05, 0) is 19.1 Å². The number of pyridine rings is 1. The van der Waals surface area contributed by atoms with Gasteiger partial charge in [0.15, 0.2) is 0 Å². The van der Waals surface area contributed by atoms with Crippen molar-refractivity contribution in [1.82, 2.24) is 25.1 Å². The minimum absolute atomic E-state index is 0.0311. The van der Waals surface area contributed by atoms with Crippen molar-refractivity contribution in [3.05, 3.63) is 54.2 Å². The zero-order valence-corrected chi connectivity index (χ0v) is 14.5. The highest BCUT2D eigenvalue weighted by Crippen LogP contribution is 2.35. The number of amides is 1. The molecule has 0 atom stereocenters. The van der Waals surface area contributed by atoms with Gasteiger partial charge in [0.25, 0.3) is 5.91 Å². The van der Waals surface area contributed by atoms with Crippen LogP contribution in [0.4, 0.5) is 14.5 Å². The van der Waals surface area contributed by atoms with Gasteiger partial charge >= 0.3 is 6.61 Å². The number of alkyl halides is 2. The lowest BCUT2D eigenvalue weighted by Gasteiger charge is -2.12. The lowest BCUT2D eigenvalue weighted by molar-refractivity contribution is -0.0494. The number of anilines is 1. The van der Waals surface area contributed by atoms with Crippen molar-refractivity contribution in [2.75, 3.05) is 5.32 Å². The molecule has 1 aromatic carbocycles. The summed E-state index contributed by atoms with van der Waals surface area (Å²) in [6, 6.07) is 4.76. The van der Waals surface area contributed by atoms with Crippen LogP contribution in [0.1, 0.15) is 15.9 Å².